The molecule has 0 amide bonds. The monoisotopic (exact) mass is 196 g/mol. The first-order chi connectivity index (χ1) is 4.83. The minimum atomic E-state index is -3.01. The Kier molecular flexibility index (Phi) is 3.76. The zero-order valence-corrected chi connectivity index (χ0v) is 8.69. The first kappa shape index (κ1) is 10.7. The summed E-state index contributed by atoms with van der Waals surface area (Å²) >= 11 is -3.01. The topological polar surface area (TPSA) is 52.6 Å². The van der Waals surface area contributed by atoms with E-state index in [2.05, 4.69) is 0 Å². The molecule has 0 unspecified atom stereocenters. The third-order valence-electron chi connectivity index (χ3n) is 0.779. The van der Waals surface area contributed by atoms with Crippen molar-refractivity contribution in [3.8, 4) is 0 Å². The molecule has 64 valence electrons. The fourth-order valence-electron chi connectivity index (χ4n) is 0.713. The zero-order valence-electron chi connectivity index (χ0n) is 7.13. The molecule has 0 aliphatic carbocycles. The number of hydrogen-bond donors (Lipinski definition) is 0. The van der Waals surface area contributed by atoms with E-state index < -0.39 is 29.3 Å². The van der Waals surface area contributed by atoms with Gasteiger partial charge in [0.25, 0.3) is 0 Å². The average molecular weight is 196 g/mol. The van der Waals surface area contributed by atoms with Gasteiger partial charge < -0.3 is 0 Å². The van der Waals surface area contributed by atoms with E-state index in [4.69, 9.17) is 6.64 Å². The van der Waals surface area contributed by atoms with Gasteiger partial charge in [-0.25, -0.2) is 0 Å². The van der Waals surface area contributed by atoms with E-state index in [1.807, 2.05) is 0 Å². The summed E-state index contributed by atoms with van der Waals surface area (Å²) in [4.78, 5) is 20.9. The molecule has 0 atom stereocenters. The Balaban J connectivity index is 3.99. The molecular formula is C6H12O4Ti. The van der Waals surface area contributed by atoms with Crippen LogP contribution in [0, 0.1) is 0 Å². The van der Waals surface area contributed by atoms with E-state index in [1.165, 1.54) is 13.8 Å². The van der Waals surface area contributed by atoms with Crippen molar-refractivity contribution in [2.45, 2.75) is 24.3 Å². The quantitative estimate of drug-likeness (QED) is 0.622. The predicted molar refractivity (Wildman–Crippen MR) is 35.3 cm³/mol. The Morgan fingerprint density at radius 1 is 1.00 bits per heavy atom. The van der Waals surface area contributed by atoms with E-state index >= 15 is 0 Å². The molecule has 0 saturated heterocycles. The Hall–Kier alpha value is -0.346. The van der Waals surface area contributed by atoms with Crippen LogP contribution in [0.5, 0.6) is 0 Å². The van der Waals surface area contributed by atoms with Crippen molar-refractivity contribution in [3.05, 3.63) is 0 Å². The summed E-state index contributed by atoms with van der Waals surface area (Å²) in [7, 11) is 0. The summed E-state index contributed by atoms with van der Waals surface area (Å²) in [5, 5.41) is 3.37. The maximum atomic E-state index is 10.5. The van der Waals surface area contributed by atoms with Crippen LogP contribution >= 0.6 is 0 Å². The SMILES string of the molecule is CC(=O)[O][Ti]([CH3])([CH3])[O]C(C)=O. The van der Waals surface area contributed by atoms with Crippen LogP contribution in [-0.4, -0.2) is 11.9 Å². The molecule has 11 heavy (non-hydrogen) atoms. The predicted octanol–water partition coefficient (Wildman–Crippen LogP) is 1.19. The Bertz CT molecular complexity index is 157. The number of hydrogen-bond acceptors (Lipinski definition) is 4. The van der Waals surface area contributed by atoms with Crippen LogP contribution in [0.4, 0.5) is 0 Å². The van der Waals surface area contributed by atoms with Crippen molar-refractivity contribution < 1.29 is 33.6 Å². The van der Waals surface area contributed by atoms with E-state index in [1.54, 1.807) is 10.5 Å². The molecule has 0 fully saturated rings. The molecule has 0 aromatic heterocycles. The maximum absolute atomic E-state index is 10.5. The summed E-state index contributed by atoms with van der Waals surface area (Å²) in [5.74, 6) is -0.785. The third-order valence-corrected chi connectivity index (χ3v) is 3.21. The molecule has 0 aliphatic rings. The molecule has 4 nitrogen and oxygen atoms in total. The van der Waals surface area contributed by atoms with Crippen LogP contribution in [0.15, 0.2) is 0 Å². The minimum absolute atomic E-state index is 0.392. The van der Waals surface area contributed by atoms with Gasteiger partial charge in [0.15, 0.2) is 0 Å². The van der Waals surface area contributed by atoms with Gasteiger partial charge in [-0.3, -0.25) is 0 Å². The summed E-state index contributed by atoms with van der Waals surface area (Å²) in [5.41, 5.74) is 0. The van der Waals surface area contributed by atoms with Crippen LogP contribution in [0.1, 0.15) is 13.8 Å². The zero-order chi connectivity index (χ0) is 9.07. The van der Waals surface area contributed by atoms with Gasteiger partial charge in [0, 0.05) is 0 Å². The van der Waals surface area contributed by atoms with Crippen molar-refractivity contribution in [3.63, 3.8) is 0 Å². The van der Waals surface area contributed by atoms with Crippen LogP contribution < -0.4 is 0 Å². The normalized spacial score (nSPS) is 10.5. The van der Waals surface area contributed by atoms with Gasteiger partial charge in [0.1, 0.15) is 0 Å². The molecule has 5 heteroatoms. The molecule has 0 aromatic carbocycles. The number of rotatable bonds is 2. The fourth-order valence-corrected chi connectivity index (χ4v) is 2.94. The molecule has 0 rings (SSSR count). The third kappa shape index (κ3) is 6.07. The number of carbonyl (C=O) groups excluding carboxylic acids is 2. The second kappa shape index (κ2) is 3.88. The molecule has 0 aromatic rings. The van der Waals surface area contributed by atoms with Gasteiger partial charge in [-0.2, -0.15) is 0 Å². The van der Waals surface area contributed by atoms with Gasteiger partial charge in [-0.15, -0.1) is 0 Å². The molecule has 0 spiro atoms. The number of carbonyl (C=O) groups is 2. The van der Waals surface area contributed by atoms with Crippen molar-refractivity contribution >= 4 is 11.9 Å². The average Bonchev–Trinajstić information content (AvgIpc) is 1.53. The second-order valence-corrected chi connectivity index (χ2v) is 7.60. The van der Waals surface area contributed by atoms with Gasteiger partial charge in [-0.1, -0.05) is 0 Å². The summed E-state index contributed by atoms with van der Waals surface area (Å²) < 4.78 is 9.71. The molecule has 0 bridgehead atoms. The van der Waals surface area contributed by atoms with E-state index in [0.717, 1.165) is 0 Å². The Labute approximate surface area is 70.2 Å². The second-order valence-electron chi connectivity index (χ2n) is 2.59. The molecule has 0 saturated carbocycles. The molecule has 0 aliphatic heterocycles. The summed E-state index contributed by atoms with van der Waals surface area (Å²) in [6.07, 6.45) is 0. The standard InChI is InChI=1S/2C2H4O2.2CH3.Ti/c2*1-2(3)4;;;/h2*1H3,(H,3,4);2*1H3;/q;;;;+2/p-2. The van der Waals surface area contributed by atoms with E-state index in [9.17, 15) is 9.59 Å². The Morgan fingerprint density at radius 2 is 1.27 bits per heavy atom. The summed E-state index contributed by atoms with van der Waals surface area (Å²) in [6.45, 7) is 2.60. The van der Waals surface area contributed by atoms with Gasteiger partial charge in [-0.05, 0) is 0 Å². The summed E-state index contributed by atoms with van der Waals surface area (Å²) in [6, 6.07) is 0. The Morgan fingerprint density at radius 3 is 1.45 bits per heavy atom. The van der Waals surface area contributed by atoms with Crippen LogP contribution in [-0.2, 0) is 33.6 Å². The molecule has 0 radical (unpaired) electrons. The fraction of sp³-hybridized carbons (Fsp3) is 0.667. The first-order valence-corrected chi connectivity index (χ1v) is 7.62. The van der Waals surface area contributed by atoms with Crippen molar-refractivity contribution in [2.75, 3.05) is 0 Å². The van der Waals surface area contributed by atoms with Crippen molar-refractivity contribution in [1.82, 2.24) is 0 Å². The van der Waals surface area contributed by atoms with Crippen LogP contribution in [0.25, 0.3) is 0 Å². The van der Waals surface area contributed by atoms with E-state index in [0.29, 0.717) is 0 Å². The molecular weight excluding hydrogens is 184 g/mol. The first-order valence-electron chi connectivity index (χ1n) is 3.22. The van der Waals surface area contributed by atoms with Gasteiger partial charge in [0.2, 0.25) is 0 Å². The van der Waals surface area contributed by atoms with Gasteiger partial charge in [0.05, 0.1) is 0 Å². The molecule has 0 heterocycles. The van der Waals surface area contributed by atoms with E-state index in [-0.39, 0.29) is 0 Å². The van der Waals surface area contributed by atoms with Crippen molar-refractivity contribution in [1.29, 1.82) is 0 Å². The van der Waals surface area contributed by atoms with Crippen molar-refractivity contribution in [2.24, 2.45) is 0 Å². The van der Waals surface area contributed by atoms with Gasteiger partial charge >= 0.3 is 69.8 Å². The molecule has 0 N–H and O–H groups in total. The van der Waals surface area contributed by atoms with Crippen LogP contribution in [0.3, 0.4) is 0 Å². The van der Waals surface area contributed by atoms with Crippen LogP contribution in [0.2, 0.25) is 10.5 Å².